The van der Waals surface area contributed by atoms with Crippen molar-refractivity contribution in [1.29, 1.82) is 0 Å². The highest BCUT2D eigenvalue weighted by Crippen LogP contribution is 2.32. The Bertz CT molecular complexity index is 567. The van der Waals surface area contributed by atoms with Gasteiger partial charge in [0.2, 0.25) is 0 Å². The largest absolute Gasteiger partial charge is 0.349 e. The van der Waals surface area contributed by atoms with Crippen molar-refractivity contribution >= 4 is 40.2 Å². The average Bonchev–Trinajstić information content (AvgIpc) is 3.03. The van der Waals surface area contributed by atoms with Crippen molar-refractivity contribution in [3.05, 3.63) is 27.5 Å². The first-order chi connectivity index (χ1) is 9.10. The molecule has 4 nitrogen and oxygen atoms in total. The lowest BCUT2D eigenvalue weighted by Gasteiger charge is -2.10. The molecule has 1 atom stereocenters. The first-order valence-electron chi connectivity index (χ1n) is 5.77. The van der Waals surface area contributed by atoms with Crippen molar-refractivity contribution < 1.29 is 4.79 Å². The Balaban J connectivity index is 2.02. The number of halogens is 1. The number of hydrogen-bond acceptors (Lipinski definition) is 5. The molecule has 0 aliphatic carbocycles. The van der Waals surface area contributed by atoms with Gasteiger partial charge < -0.3 is 10.6 Å². The van der Waals surface area contributed by atoms with Crippen LogP contribution in [0, 0.1) is 0 Å². The van der Waals surface area contributed by atoms with Gasteiger partial charge in [0.25, 0.3) is 5.91 Å². The molecule has 1 amide bonds. The number of hydrogen-bond donors (Lipinski definition) is 2. The molecule has 0 radical (unpaired) electrons. The molecular formula is C12H14ClN3OS2. The monoisotopic (exact) mass is 315 g/mol. The predicted octanol–water partition coefficient (Wildman–Crippen LogP) is 2.86. The van der Waals surface area contributed by atoms with Crippen LogP contribution in [0.1, 0.15) is 17.4 Å². The molecule has 19 heavy (non-hydrogen) atoms. The maximum Gasteiger partial charge on any atom is 0.270 e. The summed E-state index contributed by atoms with van der Waals surface area (Å²) in [6.07, 6.45) is 0. The van der Waals surface area contributed by atoms with E-state index in [1.165, 1.54) is 22.7 Å². The zero-order chi connectivity index (χ0) is 13.8. The number of nitrogens with zero attached hydrogens (tertiary/aromatic N) is 1. The van der Waals surface area contributed by atoms with Crippen molar-refractivity contribution in [1.82, 2.24) is 15.6 Å². The van der Waals surface area contributed by atoms with Crippen LogP contribution >= 0.6 is 34.3 Å². The molecule has 2 rings (SSSR count). The quantitative estimate of drug-likeness (QED) is 0.892. The molecule has 0 bridgehead atoms. The van der Waals surface area contributed by atoms with Gasteiger partial charge in [0.15, 0.2) is 0 Å². The molecule has 2 heterocycles. The van der Waals surface area contributed by atoms with Crippen LogP contribution < -0.4 is 10.6 Å². The molecule has 2 aromatic rings. The summed E-state index contributed by atoms with van der Waals surface area (Å²) in [6.45, 7) is 2.58. The van der Waals surface area contributed by atoms with E-state index in [-0.39, 0.29) is 11.9 Å². The Morgan fingerprint density at radius 3 is 2.95 bits per heavy atom. The summed E-state index contributed by atoms with van der Waals surface area (Å²) in [6, 6.07) is 3.98. The molecule has 0 aliphatic rings. The second-order valence-electron chi connectivity index (χ2n) is 4.04. The van der Waals surface area contributed by atoms with Crippen LogP contribution in [0.5, 0.6) is 0 Å². The first kappa shape index (κ1) is 14.5. The van der Waals surface area contributed by atoms with Gasteiger partial charge in [-0.25, -0.2) is 4.98 Å². The number of amides is 1. The smallest absolute Gasteiger partial charge is 0.270 e. The summed E-state index contributed by atoms with van der Waals surface area (Å²) >= 11 is 8.80. The van der Waals surface area contributed by atoms with E-state index in [4.69, 9.17) is 11.6 Å². The number of thiazole rings is 1. The predicted molar refractivity (Wildman–Crippen MR) is 81.3 cm³/mol. The number of carbonyl (C=O) groups excluding carboxylic acids is 1. The number of aromatic nitrogens is 1. The van der Waals surface area contributed by atoms with Gasteiger partial charge in [-0.2, -0.15) is 0 Å². The van der Waals surface area contributed by atoms with Crippen LogP contribution in [0.15, 0.2) is 17.5 Å². The van der Waals surface area contributed by atoms with Gasteiger partial charge in [0.1, 0.15) is 10.7 Å². The van der Waals surface area contributed by atoms with Crippen LogP contribution in [0.3, 0.4) is 0 Å². The highest BCUT2D eigenvalue weighted by Gasteiger charge is 2.13. The highest BCUT2D eigenvalue weighted by atomic mass is 35.5. The van der Waals surface area contributed by atoms with Gasteiger partial charge in [0.05, 0.1) is 9.21 Å². The number of carbonyl (C=O) groups is 1. The van der Waals surface area contributed by atoms with Crippen molar-refractivity contribution in [2.24, 2.45) is 0 Å². The van der Waals surface area contributed by atoms with E-state index in [9.17, 15) is 4.79 Å². The molecule has 0 spiro atoms. The van der Waals surface area contributed by atoms with Crippen LogP contribution in [-0.2, 0) is 0 Å². The van der Waals surface area contributed by atoms with Crippen LogP contribution in [0.2, 0.25) is 4.34 Å². The molecule has 2 aromatic heterocycles. The topological polar surface area (TPSA) is 54.0 Å². The number of likely N-dealkylation sites (N-methyl/N-ethyl adjacent to an activating group) is 1. The van der Waals surface area contributed by atoms with E-state index in [1.54, 1.807) is 5.38 Å². The van der Waals surface area contributed by atoms with Gasteiger partial charge in [-0.15, -0.1) is 22.7 Å². The molecule has 0 aliphatic heterocycles. The second-order valence-corrected chi connectivity index (χ2v) is 6.61. The van der Waals surface area contributed by atoms with E-state index in [0.29, 0.717) is 12.2 Å². The Morgan fingerprint density at radius 2 is 2.32 bits per heavy atom. The lowest BCUT2D eigenvalue weighted by Crippen LogP contribution is -2.37. The van der Waals surface area contributed by atoms with Crippen molar-refractivity contribution in [3.63, 3.8) is 0 Å². The summed E-state index contributed by atoms with van der Waals surface area (Å²) in [5.74, 6) is -0.146. The molecule has 0 saturated carbocycles. The maximum atomic E-state index is 11.9. The van der Waals surface area contributed by atoms with Gasteiger partial charge in [-0.3, -0.25) is 4.79 Å². The average molecular weight is 316 g/mol. The summed E-state index contributed by atoms with van der Waals surface area (Å²) < 4.78 is 0.721. The minimum Gasteiger partial charge on any atom is -0.349 e. The molecule has 0 saturated heterocycles. The summed E-state index contributed by atoms with van der Waals surface area (Å²) in [5, 5.41) is 8.49. The summed E-state index contributed by atoms with van der Waals surface area (Å²) in [4.78, 5) is 17.2. The lowest BCUT2D eigenvalue weighted by molar-refractivity contribution is 0.0946. The molecule has 0 fully saturated rings. The van der Waals surface area contributed by atoms with Gasteiger partial charge >= 0.3 is 0 Å². The third-order valence-electron chi connectivity index (χ3n) is 2.58. The fraction of sp³-hybridized carbons (Fsp3) is 0.333. The van der Waals surface area contributed by atoms with Gasteiger partial charge in [-0.1, -0.05) is 11.6 Å². The minimum absolute atomic E-state index is 0.146. The third kappa shape index (κ3) is 3.76. The third-order valence-corrected chi connectivity index (χ3v) is 4.83. The van der Waals surface area contributed by atoms with Crippen molar-refractivity contribution in [2.75, 3.05) is 13.6 Å². The Labute approximate surface area is 124 Å². The van der Waals surface area contributed by atoms with E-state index < -0.39 is 0 Å². The van der Waals surface area contributed by atoms with Crippen LogP contribution in [-0.4, -0.2) is 30.5 Å². The Kier molecular flexibility index (Phi) is 4.93. The summed E-state index contributed by atoms with van der Waals surface area (Å²) in [5.41, 5.74) is 0.452. The number of nitrogens with one attached hydrogen (secondary N) is 2. The molecule has 1 unspecified atom stereocenters. The van der Waals surface area contributed by atoms with E-state index in [1.807, 2.05) is 26.1 Å². The normalized spacial score (nSPS) is 12.4. The fourth-order valence-corrected chi connectivity index (χ4v) is 3.27. The minimum atomic E-state index is -0.146. The standard InChI is InChI=1S/C12H14ClN3OS2/c1-7(14-2)5-15-11(17)8-6-18-12(16-8)9-3-4-10(13)19-9/h3-4,6-7,14H,5H2,1-2H3,(H,15,17). The Morgan fingerprint density at radius 1 is 1.53 bits per heavy atom. The van der Waals surface area contributed by atoms with Gasteiger partial charge in [0, 0.05) is 18.0 Å². The van der Waals surface area contributed by atoms with Crippen LogP contribution in [0.25, 0.3) is 9.88 Å². The van der Waals surface area contributed by atoms with Crippen molar-refractivity contribution in [2.45, 2.75) is 13.0 Å². The van der Waals surface area contributed by atoms with E-state index in [2.05, 4.69) is 15.6 Å². The fourth-order valence-electron chi connectivity index (χ4n) is 1.36. The first-order valence-corrected chi connectivity index (χ1v) is 7.84. The SMILES string of the molecule is CNC(C)CNC(=O)c1csc(-c2ccc(Cl)s2)n1. The van der Waals surface area contributed by atoms with Gasteiger partial charge in [-0.05, 0) is 26.1 Å². The maximum absolute atomic E-state index is 11.9. The second kappa shape index (κ2) is 6.47. The number of rotatable bonds is 5. The lowest BCUT2D eigenvalue weighted by atomic mass is 10.3. The van der Waals surface area contributed by atoms with E-state index in [0.717, 1.165) is 14.2 Å². The zero-order valence-corrected chi connectivity index (χ0v) is 13.0. The Hall–Kier alpha value is -0.950. The van der Waals surface area contributed by atoms with Crippen molar-refractivity contribution in [3.8, 4) is 9.88 Å². The zero-order valence-electron chi connectivity index (χ0n) is 10.6. The van der Waals surface area contributed by atoms with E-state index >= 15 is 0 Å². The highest BCUT2D eigenvalue weighted by molar-refractivity contribution is 7.23. The molecule has 102 valence electrons. The van der Waals surface area contributed by atoms with Crippen LogP contribution in [0.4, 0.5) is 0 Å². The molecule has 2 N–H and O–H groups in total. The number of thiophene rings is 1. The molecule has 0 aromatic carbocycles. The molecular weight excluding hydrogens is 302 g/mol. The summed E-state index contributed by atoms with van der Waals surface area (Å²) in [7, 11) is 1.86. The molecule has 7 heteroatoms.